The van der Waals surface area contributed by atoms with Crippen molar-refractivity contribution in [1.82, 2.24) is 10.6 Å². The lowest BCUT2D eigenvalue weighted by Gasteiger charge is -2.06. The van der Waals surface area contributed by atoms with Crippen LogP contribution < -0.4 is 16.0 Å². The van der Waals surface area contributed by atoms with E-state index in [2.05, 4.69) is 20.9 Å². The number of carbonyl (C=O) groups excluding carboxylic acids is 2. The number of amidine groups is 1. The number of thioether (sulfide) groups is 1. The smallest absolute Gasteiger partial charge is 0.320 e. The fraction of sp³-hybridized carbons (Fsp3) is 0.214. The van der Waals surface area contributed by atoms with E-state index >= 15 is 0 Å². The lowest BCUT2D eigenvalue weighted by molar-refractivity contribution is -0.112. The SMILES string of the molecule is CNC(=O)NC1=N/C(=C(/C)C(=O)Nc2ccc(Cl)cc2)CS1. The van der Waals surface area contributed by atoms with Crippen LogP contribution in [0.25, 0.3) is 0 Å². The van der Waals surface area contributed by atoms with E-state index < -0.39 is 0 Å². The minimum Gasteiger partial charge on any atom is -0.341 e. The Balaban J connectivity index is 2.06. The average Bonchev–Trinajstić information content (AvgIpc) is 2.97. The van der Waals surface area contributed by atoms with Crippen LogP contribution in [0.5, 0.6) is 0 Å². The number of amides is 3. The third-order valence-corrected chi connectivity index (χ3v) is 4.04. The Hall–Kier alpha value is -1.99. The second-order valence-corrected chi connectivity index (χ2v) is 5.84. The van der Waals surface area contributed by atoms with Crippen molar-refractivity contribution in [1.29, 1.82) is 0 Å². The summed E-state index contributed by atoms with van der Waals surface area (Å²) in [7, 11) is 1.52. The standard InChI is InChI=1S/C14H15ClN4O2S/c1-8(11-7-22-14(18-11)19-13(21)16-2)12(20)17-10-5-3-9(15)4-6-10/h3-6H,7H2,1-2H3,(H,17,20)(H2,16,18,19,21)/b11-8-. The Morgan fingerprint density at radius 3 is 2.55 bits per heavy atom. The number of nitrogens with one attached hydrogen (secondary N) is 3. The molecule has 22 heavy (non-hydrogen) atoms. The van der Waals surface area contributed by atoms with Crippen molar-refractivity contribution < 1.29 is 9.59 Å². The highest BCUT2D eigenvalue weighted by Crippen LogP contribution is 2.23. The van der Waals surface area contributed by atoms with Crippen molar-refractivity contribution >= 4 is 46.2 Å². The summed E-state index contributed by atoms with van der Waals surface area (Å²) >= 11 is 7.17. The lowest BCUT2D eigenvalue weighted by atomic mass is 10.2. The van der Waals surface area contributed by atoms with Gasteiger partial charge in [-0.1, -0.05) is 23.4 Å². The zero-order chi connectivity index (χ0) is 16.1. The van der Waals surface area contributed by atoms with E-state index in [0.29, 0.717) is 32.9 Å². The summed E-state index contributed by atoms with van der Waals surface area (Å²) in [6, 6.07) is 6.52. The van der Waals surface area contributed by atoms with Crippen LogP contribution in [0.2, 0.25) is 5.02 Å². The molecule has 0 saturated carbocycles. The maximum atomic E-state index is 12.2. The molecule has 0 saturated heterocycles. The minimum absolute atomic E-state index is 0.233. The van der Waals surface area contributed by atoms with Crippen LogP contribution in [0, 0.1) is 0 Å². The number of benzene rings is 1. The fourth-order valence-electron chi connectivity index (χ4n) is 1.63. The maximum absolute atomic E-state index is 12.2. The van der Waals surface area contributed by atoms with E-state index in [4.69, 9.17) is 11.6 Å². The number of hydrogen-bond acceptors (Lipinski definition) is 4. The fourth-order valence-corrected chi connectivity index (χ4v) is 2.65. The van der Waals surface area contributed by atoms with E-state index in [-0.39, 0.29) is 11.9 Å². The van der Waals surface area contributed by atoms with Crippen LogP contribution in [0.1, 0.15) is 6.92 Å². The second-order valence-electron chi connectivity index (χ2n) is 4.44. The van der Waals surface area contributed by atoms with Gasteiger partial charge in [-0.05, 0) is 31.2 Å². The van der Waals surface area contributed by atoms with Crippen LogP contribution in [-0.2, 0) is 4.79 Å². The molecule has 3 amide bonds. The first-order valence-electron chi connectivity index (χ1n) is 6.46. The minimum atomic E-state index is -0.337. The molecule has 0 aromatic heterocycles. The molecule has 1 aliphatic rings. The summed E-state index contributed by atoms with van der Waals surface area (Å²) < 4.78 is 0. The van der Waals surface area contributed by atoms with E-state index in [1.54, 1.807) is 31.2 Å². The molecular formula is C14H15ClN4O2S. The quantitative estimate of drug-likeness (QED) is 0.725. The molecule has 0 unspecified atom stereocenters. The van der Waals surface area contributed by atoms with Gasteiger partial charge >= 0.3 is 6.03 Å². The first kappa shape index (κ1) is 16.4. The highest BCUT2D eigenvalue weighted by molar-refractivity contribution is 8.14. The van der Waals surface area contributed by atoms with Crippen molar-refractivity contribution in [2.45, 2.75) is 6.92 Å². The summed E-state index contributed by atoms with van der Waals surface area (Å²) in [6.45, 7) is 1.70. The molecule has 0 atom stereocenters. The Kier molecular flexibility index (Phi) is 5.46. The number of nitrogens with zero attached hydrogens (tertiary/aromatic N) is 1. The van der Waals surface area contributed by atoms with Gasteiger partial charge < -0.3 is 10.6 Å². The Morgan fingerprint density at radius 2 is 1.91 bits per heavy atom. The van der Waals surface area contributed by atoms with Crippen molar-refractivity contribution in [3.05, 3.63) is 40.6 Å². The third kappa shape index (κ3) is 4.25. The van der Waals surface area contributed by atoms with Gasteiger partial charge in [0.2, 0.25) is 0 Å². The number of hydrogen-bond donors (Lipinski definition) is 3. The average molecular weight is 339 g/mol. The molecule has 0 radical (unpaired) electrons. The van der Waals surface area contributed by atoms with Gasteiger partial charge in [0.25, 0.3) is 5.91 Å². The molecule has 1 aliphatic heterocycles. The zero-order valence-corrected chi connectivity index (χ0v) is 13.6. The van der Waals surface area contributed by atoms with Gasteiger partial charge in [-0.25, -0.2) is 9.79 Å². The Bertz CT molecular complexity index is 655. The molecule has 0 bridgehead atoms. The monoisotopic (exact) mass is 338 g/mol. The van der Waals surface area contributed by atoms with Gasteiger partial charge in [0, 0.05) is 29.1 Å². The van der Waals surface area contributed by atoms with Crippen LogP contribution in [0.15, 0.2) is 40.5 Å². The summed E-state index contributed by atoms with van der Waals surface area (Å²) in [5.41, 5.74) is 1.81. The largest absolute Gasteiger partial charge is 0.341 e. The van der Waals surface area contributed by atoms with E-state index in [1.807, 2.05) is 0 Å². The Morgan fingerprint density at radius 1 is 1.23 bits per heavy atom. The number of anilines is 1. The highest BCUT2D eigenvalue weighted by Gasteiger charge is 2.19. The van der Waals surface area contributed by atoms with Crippen molar-refractivity contribution in [3.63, 3.8) is 0 Å². The molecule has 6 nitrogen and oxygen atoms in total. The van der Waals surface area contributed by atoms with Crippen LogP contribution >= 0.6 is 23.4 Å². The predicted octanol–water partition coefficient (Wildman–Crippen LogP) is 2.58. The summed E-state index contributed by atoms with van der Waals surface area (Å²) in [5, 5.41) is 8.90. The lowest BCUT2D eigenvalue weighted by Crippen LogP contribution is -2.35. The van der Waals surface area contributed by atoms with E-state index in [0.717, 1.165) is 0 Å². The summed E-state index contributed by atoms with van der Waals surface area (Å²) in [5.74, 6) is 0.307. The zero-order valence-electron chi connectivity index (χ0n) is 12.1. The first-order valence-corrected chi connectivity index (χ1v) is 7.83. The normalized spacial score (nSPS) is 15.9. The number of halogens is 1. The van der Waals surface area contributed by atoms with Crippen LogP contribution in [0.4, 0.5) is 10.5 Å². The number of rotatable bonds is 2. The first-order chi connectivity index (χ1) is 10.5. The molecule has 2 rings (SSSR count). The van der Waals surface area contributed by atoms with Gasteiger partial charge in [-0.2, -0.15) is 0 Å². The molecule has 3 N–H and O–H groups in total. The van der Waals surface area contributed by atoms with Gasteiger partial charge in [-0.15, -0.1) is 0 Å². The van der Waals surface area contributed by atoms with E-state index in [9.17, 15) is 9.59 Å². The van der Waals surface area contributed by atoms with Crippen molar-refractivity contribution in [2.24, 2.45) is 4.99 Å². The van der Waals surface area contributed by atoms with Crippen molar-refractivity contribution in [3.8, 4) is 0 Å². The number of carbonyl (C=O) groups is 2. The van der Waals surface area contributed by atoms with Crippen molar-refractivity contribution in [2.75, 3.05) is 18.1 Å². The second kappa shape index (κ2) is 7.33. The van der Waals surface area contributed by atoms with Gasteiger partial charge in [0.1, 0.15) is 0 Å². The molecule has 1 aromatic carbocycles. The Labute approximate surface area is 137 Å². The molecule has 116 valence electrons. The molecule has 0 spiro atoms. The summed E-state index contributed by atoms with van der Waals surface area (Å²) in [4.78, 5) is 27.7. The van der Waals surface area contributed by atoms with E-state index in [1.165, 1.54) is 18.8 Å². The molecule has 0 aliphatic carbocycles. The molecule has 1 aromatic rings. The van der Waals surface area contributed by atoms with Crippen LogP contribution in [-0.4, -0.2) is 29.9 Å². The van der Waals surface area contributed by atoms with Gasteiger partial charge in [0.05, 0.1) is 5.70 Å². The number of urea groups is 1. The molecule has 0 fully saturated rings. The maximum Gasteiger partial charge on any atom is 0.320 e. The molecular weight excluding hydrogens is 324 g/mol. The predicted molar refractivity (Wildman–Crippen MR) is 90.3 cm³/mol. The third-order valence-electron chi connectivity index (χ3n) is 2.91. The summed E-state index contributed by atoms with van der Waals surface area (Å²) in [6.07, 6.45) is 0. The van der Waals surface area contributed by atoms with Gasteiger partial charge in [0.15, 0.2) is 5.17 Å². The highest BCUT2D eigenvalue weighted by atomic mass is 35.5. The van der Waals surface area contributed by atoms with Crippen LogP contribution in [0.3, 0.4) is 0 Å². The van der Waals surface area contributed by atoms with Gasteiger partial charge in [-0.3, -0.25) is 10.1 Å². The molecule has 8 heteroatoms. The number of aliphatic imine (C=N–C) groups is 1. The molecule has 1 heterocycles. The topological polar surface area (TPSA) is 82.6 Å².